The third kappa shape index (κ3) is 2.32. The molecule has 1 aromatic heterocycles. The Morgan fingerprint density at radius 1 is 1.44 bits per heavy atom. The van der Waals surface area contributed by atoms with Crippen molar-refractivity contribution in [3.05, 3.63) is 33.0 Å². The first-order chi connectivity index (χ1) is 8.63. The summed E-state index contributed by atoms with van der Waals surface area (Å²) in [5, 5.41) is 3.11. The van der Waals surface area contributed by atoms with Gasteiger partial charge in [-0.05, 0) is 19.3 Å². The number of nitrogens with two attached hydrogens (primary N) is 1. The van der Waals surface area contributed by atoms with E-state index in [0.29, 0.717) is 12.2 Å². The average Bonchev–Trinajstić information content (AvgIpc) is 2.83. The van der Waals surface area contributed by atoms with Crippen molar-refractivity contribution >= 4 is 11.5 Å². The van der Waals surface area contributed by atoms with E-state index in [1.54, 1.807) is 0 Å². The smallest absolute Gasteiger partial charge is 0.330 e. The Hall–Kier alpha value is -1.98. The summed E-state index contributed by atoms with van der Waals surface area (Å²) in [6, 6.07) is 0.181. The number of aromatic amines is 1. The lowest BCUT2D eigenvalue weighted by atomic mass is 10.2. The molecule has 18 heavy (non-hydrogen) atoms. The van der Waals surface area contributed by atoms with Crippen LogP contribution in [0.2, 0.25) is 0 Å². The SMILES string of the molecule is CCCn1c(N)c(NC2CC=CC2)c(=O)[nH]c1=O. The summed E-state index contributed by atoms with van der Waals surface area (Å²) in [6.45, 7) is 2.45. The summed E-state index contributed by atoms with van der Waals surface area (Å²) < 4.78 is 1.39. The lowest BCUT2D eigenvalue weighted by Crippen LogP contribution is -2.35. The van der Waals surface area contributed by atoms with Gasteiger partial charge in [0.15, 0.2) is 0 Å². The van der Waals surface area contributed by atoms with E-state index in [1.807, 2.05) is 6.92 Å². The maximum Gasteiger partial charge on any atom is 0.330 e. The van der Waals surface area contributed by atoms with Gasteiger partial charge in [-0.1, -0.05) is 19.1 Å². The van der Waals surface area contributed by atoms with Gasteiger partial charge in [-0.25, -0.2) is 4.79 Å². The summed E-state index contributed by atoms with van der Waals surface area (Å²) in [4.78, 5) is 25.7. The number of hydrogen-bond acceptors (Lipinski definition) is 4. The largest absolute Gasteiger partial charge is 0.383 e. The second-order valence-electron chi connectivity index (χ2n) is 4.46. The van der Waals surface area contributed by atoms with Crippen LogP contribution < -0.4 is 22.3 Å². The van der Waals surface area contributed by atoms with E-state index >= 15 is 0 Å². The molecule has 1 aliphatic rings. The van der Waals surface area contributed by atoms with Crippen molar-refractivity contribution in [1.29, 1.82) is 0 Å². The maximum absolute atomic E-state index is 11.8. The number of H-pyrrole nitrogens is 1. The van der Waals surface area contributed by atoms with Crippen molar-refractivity contribution in [2.75, 3.05) is 11.1 Å². The van der Waals surface area contributed by atoms with Crippen LogP contribution in [0.1, 0.15) is 26.2 Å². The maximum atomic E-state index is 11.8. The molecule has 6 heteroatoms. The molecule has 2 rings (SSSR count). The van der Waals surface area contributed by atoms with Gasteiger partial charge in [0.2, 0.25) is 0 Å². The number of hydrogen-bond donors (Lipinski definition) is 3. The Bertz CT molecular complexity index is 562. The second-order valence-corrected chi connectivity index (χ2v) is 4.46. The first-order valence-corrected chi connectivity index (χ1v) is 6.17. The molecule has 0 saturated heterocycles. The Labute approximate surface area is 105 Å². The van der Waals surface area contributed by atoms with E-state index in [0.717, 1.165) is 19.3 Å². The molecule has 0 atom stereocenters. The van der Waals surface area contributed by atoms with Gasteiger partial charge in [0, 0.05) is 12.6 Å². The van der Waals surface area contributed by atoms with Gasteiger partial charge >= 0.3 is 5.69 Å². The molecular weight excluding hydrogens is 232 g/mol. The molecule has 0 aliphatic heterocycles. The van der Waals surface area contributed by atoms with Gasteiger partial charge < -0.3 is 11.1 Å². The van der Waals surface area contributed by atoms with E-state index in [-0.39, 0.29) is 11.9 Å². The number of nitrogen functional groups attached to an aromatic ring is 1. The minimum atomic E-state index is -0.450. The van der Waals surface area contributed by atoms with Crippen molar-refractivity contribution in [3.8, 4) is 0 Å². The summed E-state index contributed by atoms with van der Waals surface area (Å²) >= 11 is 0. The molecule has 1 aromatic rings. The quantitative estimate of drug-likeness (QED) is 0.684. The van der Waals surface area contributed by atoms with Crippen LogP contribution in [0.5, 0.6) is 0 Å². The molecule has 0 radical (unpaired) electrons. The molecule has 4 N–H and O–H groups in total. The first-order valence-electron chi connectivity index (χ1n) is 6.17. The van der Waals surface area contributed by atoms with Gasteiger partial charge in [0.1, 0.15) is 11.5 Å². The number of aromatic nitrogens is 2. The van der Waals surface area contributed by atoms with Crippen LogP contribution in [0, 0.1) is 0 Å². The van der Waals surface area contributed by atoms with Crippen LogP contribution in [-0.2, 0) is 6.54 Å². The van der Waals surface area contributed by atoms with Crippen LogP contribution in [0.25, 0.3) is 0 Å². The first kappa shape index (κ1) is 12.5. The van der Waals surface area contributed by atoms with Crippen molar-refractivity contribution in [2.45, 2.75) is 38.8 Å². The van der Waals surface area contributed by atoms with Crippen molar-refractivity contribution in [1.82, 2.24) is 9.55 Å². The van der Waals surface area contributed by atoms with Crippen LogP contribution >= 0.6 is 0 Å². The molecule has 98 valence electrons. The van der Waals surface area contributed by atoms with E-state index in [1.165, 1.54) is 4.57 Å². The van der Waals surface area contributed by atoms with Crippen LogP contribution in [-0.4, -0.2) is 15.6 Å². The monoisotopic (exact) mass is 250 g/mol. The molecule has 0 bridgehead atoms. The van der Waals surface area contributed by atoms with Crippen LogP contribution in [0.15, 0.2) is 21.7 Å². The van der Waals surface area contributed by atoms with E-state index in [2.05, 4.69) is 22.5 Å². The number of nitrogens with zero attached hydrogens (tertiary/aromatic N) is 1. The molecule has 1 heterocycles. The highest BCUT2D eigenvalue weighted by atomic mass is 16.2. The zero-order chi connectivity index (χ0) is 13.1. The second kappa shape index (κ2) is 5.12. The molecule has 0 spiro atoms. The highest BCUT2D eigenvalue weighted by Gasteiger charge is 2.16. The molecule has 1 aliphatic carbocycles. The van der Waals surface area contributed by atoms with Gasteiger partial charge in [0.05, 0.1) is 0 Å². The van der Waals surface area contributed by atoms with Gasteiger partial charge in [-0.2, -0.15) is 0 Å². The number of anilines is 2. The molecule has 6 nitrogen and oxygen atoms in total. The van der Waals surface area contributed by atoms with Gasteiger partial charge in [-0.15, -0.1) is 0 Å². The fourth-order valence-electron chi connectivity index (χ4n) is 2.11. The zero-order valence-electron chi connectivity index (χ0n) is 10.4. The molecule has 0 unspecified atom stereocenters. The van der Waals surface area contributed by atoms with Crippen molar-refractivity contribution < 1.29 is 0 Å². The van der Waals surface area contributed by atoms with Crippen LogP contribution in [0.3, 0.4) is 0 Å². The minimum Gasteiger partial charge on any atom is -0.383 e. The molecular formula is C12H18N4O2. The van der Waals surface area contributed by atoms with Crippen molar-refractivity contribution in [3.63, 3.8) is 0 Å². The topological polar surface area (TPSA) is 92.9 Å². The third-order valence-corrected chi connectivity index (χ3v) is 3.04. The fourth-order valence-corrected chi connectivity index (χ4v) is 2.11. The standard InChI is InChI=1S/C12H18N4O2/c1-2-7-16-10(13)9(11(17)15-12(16)18)14-8-5-3-4-6-8/h3-4,8,14H,2,5-7,13H2,1H3,(H,15,17,18). The number of rotatable bonds is 4. The fraction of sp³-hybridized carbons (Fsp3) is 0.500. The van der Waals surface area contributed by atoms with Crippen LogP contribution in [0.4, 0.5) is 11.5 Å². The normalized spacial score (nSPS) is 15.2. The Morgan fingerprint density at radius 3 is 2.72 bits per heavy atom. The minimum absolute atomic E-state index is 0.181. The highest BCUT2D eigenvalue weighted by Crippen LogP contribution is 2.18. The van der Waals surface area contributed by atoms with Gasteiger partial charge in [0.25, 0.3) is 5.56 Å². The van der Waals surface area contributed by atoms with Crippen molar-refractivity contribution in [2.24, 2.45) is 0 Å². The Morgan fingerprint density at radius 2 is 2.11 bits per heavy atom. The summed E-state index contributed by atoms with van der Waals surface area (Å²) in [6.07, 6.45) is 6.63. The van der Waals surface area contributed by atoms with E-state index < -0.39 is 11.2 Å². The molecule has 0 fully saturated rings. The average molecular weight is 250 g/mol. The Balaban J connectivity index is 2.36. The summed E-state index contributed by atoms with van der Waals surface area (Å²) in [5.41, 5.74) is 5.31. The lowest BCUT2D eigenvalue weighted by molar-refractivity contribution is 0.640. The Kier molecular flexibility index (Phi) is 3.55. The van der Waals surface area contributed by atoms with E-state index in [9.17, 15) is 9.59 Å². The highest BCUT2D eigenvalue weighted by molar-refractivity contribution is 5.61. The third-order valence-electron chi connectivity index (χ3n) is 3.04. The molecule has 0 saturated carbocycles. The predicted octanol–water partition coefficient (Wildman–Crippen LogP) is 0.659. The molecule has 0 aromatic carbocycles. The van der Waals surface area contributed by atoms with Gasteiger partial charge in [-0.3, -0.25) is 14.3 Å². The zero-order valence-corrected chi connectivity index (χ0v) is 10.4. The van der Waals surface area contributed by atoms with E-state index in [4.69, 9.17) is 5.73 Å². The summed E-state index contributed by atoms with van der Waals surface area (Å²) in [5.74, 6) is 0.220. The predicted molar refractivity (Wildman–Crippen MR) is 71.8 cm³/mol. The molecule has 0 amide bonds. The number of nitrogens with one attached hydrogen (secondary N) is 2. The summed E-state index contributed by atoms with van der Waals surface area (Å²) in [7, 11) is 0. The lowest BCUT2D eigenvalue weighted by Gasteiger charge is -2.17.